The minimum absolute atomic E-state index is 0.0748. The number of hydrogen-bond donors (Lipinski definition) is 0. The third kappa shape index (κ3) is 2.14. The summed E-state index contributed by atoms with van der Waals surface area (Å²) in [7, 11) is -3.72. The highest BCUT2D eigenvalue weighted by atomic mass is 32.2. The number of nitrogens with zero attached hydrogens (tertiary/aromatic N) is 1. The van der Waals surface area contributed by atoms with Gasteiger partial charge in [-0.15, -0.1) is 0 Å². The van der Waals surface area contributed by atoms with Crippen molar-refractivity contribution in [2.45, 2.75) is 37.3 Å². The maximum atomic E-state index is 12.4. The first-order valence-electron chi connectivity index (χ1n) is 6.51. The van der Waals surface area contributed by atoms with Crippen LogP contribution in [0.5, 0.6) is 0 Å². The fourth-order valence-corrected chi connectivity index (χ4v) is 3.83. The van der Waals surface area contributed by atoms with Gasteiger partial charge in [0.05, 0.1) is 10.6 Å². The van der Waals surface area contributed by atoms with Crippen molar-refractivity contribution < 1.29 is 18.0 Å². The van der Waals surface area contributed by atoms with Crippen LogP contribution in [0.15, 0.2) is 23.1 Å². The fraction of sp³-hybridized carbons (Fsp3) is 0.429. The first-order chi connectivity index (χ1) is 9.30. The van der Waals surface area contributed by atoms with E-state index in [1.807, 2.05) is 6.92 Å². The minimum atomic E-state index is -3.72. The molecule has 0 saturated carbocycles. The first-order valence-corrected chi connectivity index (χ1v) is 8.05. The number of rotatable bonds is 3. The molecule has 5 nitrogen and oxygen atoms in total. The summed E-state index contributed by atoms with van der Waals surface area (Å²) in [5.74, 6) is -0.607. The summed E-state index contributed by atoms with van der Waals surface area (Å²) in [6.45, 7) is 5.16. The van der Waals surface area contributed by atoms with Gasteiger partial charge in [-0.25, -0.2) is 8.42 Å². The predicted molar refractivity (Wildman–Crippen MR) is 75.7 cm³/mol. The fourth-order valence-electron chi connectivity index (χ4n) is 2.30. The molecule has 1 aromatic carbocycles. The van der Waals surface area contributed by atoms with Crippen molar-refractivity contribution in [1.82, 2.24) is 0 Å². The van der Waals surface area contributed by atoms with Crippen molar-refractivity contribution in [1.29, 1.82) is 0 Å². The van der Waals surface area contributed by atoms with Crippen LogP contribution in [0.3, 0.4) is 0 Å². The van der Waals surface area contributed by atoms with E-state index in [4.69, 9.17) is 0 Å². The summed E-state index contributed by atoms with van der Waals surface area (Å²) < 4.78 is 24.8. The maximum absolute atomic E-state index is 12.4. The second kappa shape index (κ2) is 5.01. The van der Waals surface area contributed by atoms with Gasteiger partial charge in [-0.1, -0.05) is 6.92 Å². The lowest BCUT2D eigenvalue weighted by Gasteiger charge is -2.32. The molecule has 1 aliphatic heterocycles. The van der Waals surface area contributed by atoms with Crippen molar-refractivity contribution in [3.8, 4) is 0 Å². The Bertz CT molecular complexity index is 678. The Hall–Kier alpha value is -1.69. The zero-order valence-corrected chi connectivity index (χ0v) is 12.5. The molecular weight excluding hydrogens is 278 g/mol. The lowest BCUT2D eigenvalue weighted by molar-refractivity contribution is -0.118. The Kier molecular flexibility index (Phi) is 3.69. The summed E-state index contributed by atoms with van der Waals surface area (Å²) in [5.41, 5.74) is 0.713. The normalized spacial score (nSPS) is 20.6. The molecule has 0 N–H and O–H groups in total. The van der Waals surface area contributed by atoms with E-state index < -0.39 is 21.0 Å². The average molecular weight is 295 g/mol. The third-order valence-corrected chi connectivity index (χ3v) is 5.56. The van der Waals surface area contributed by atoms with Crippen LogP contribution in [0.25, 0.3) is 0 Å². The van der Waals surface area contributed by atoms with Crippen LogP contribution in [-0.4, -0.2) is 31.9 Å². The molecule has 20 heavy (non-hydrogen) atoms. The summed E-state index contributed by atoms with van der Waals surface area (Å²) in [5, 5.41) is -1.11. The number of anilines is 1. The van der Waals surface area contributed by atoms with Gasteiger partial charge in [0, 0.05) is 12.1 Å². The van der Waals surface area contributed by atoms with Crippen LogP contribution in [0.1, 0.15) is 37.6 Å². The van der Waals surface area contributed by atoms with Crippen molar-refractivity contribution in [2.75, 3.05) is 11.4 Å². The highest BCUT2D eigenvalue weighted by Gasteiger charge is 2.41. The number of sulfone groups is 1. The standard InChI is InChI=1S/C14H17NO4S/c1-4-7-15-12-6-5-11(9(2)16)8-13(12)20(18,19)10(3)14(15)17/h5-6,8,10H,4,7H2,1-3H3. The number of hydrogen-bond acceptors (Lipinski definition) is 4. The predicted octanol–water partition coefficient (Wildman–Crippen LogP) is 1.81. The molecule has 1 aromatic rings. The molecule has 0 saturated heterocycles. The molecule has 1 amide bonds. The number of ketones is 1. The first kappa shape index (κ1) is 14.7. The van der Waals surface area contributed by atoms with E-state index in [1.54, 1.807) is 12.1 Å². The Morgan fingerprint density at radius 3 is 2.55 bits per heavy atom. The molecule has 108 valence electrons. The topological polar surface area (TPSA) is 71.5 Å². The van der Waals surface area contributed by atoms with Gasteiger partial charge in [0.1, 0.15) is 5.25 Å². The Morgan fingerprint density at radius 1 is 1.35 bits per heavy atom. The van der Waals surface area contributed by atoms with E-state index in [0.717, 1.165) is 6.42 Å². The van der Waals surface area contributed by atoms with Crippen molar-refractivity contribution in [3.05, 3.63) is 23.8 Å². The Balaban J connectivity index is 2.71. The highest BCUT2D eigenvalue weighted by Crippen LogP contribution is 2.35. The van der Waals surface area contributed by atoms with E-state index in [0.29, 0.717) is 17.8 Å². The molecular formula is C14H17NO4S. The Morgan fingerprint density at radius 2 is 2.00 bits per heavy atom. The number of Topliss-reactive ketones (excluding diaryl/α,β-unsaturated/α-hetero) is 1. The summed E-state index contributed by atoms with van der Waals surface area (Å²) in [6.07, 6.45) is 0.729. The molecule has 0 radical (unpaired) electrons. The maximum Gasteiger partial charge on any atom is 0.245 e. The largest absolute Gasteiger partial charge is 0.310 e. The number of benzene rings is 1. The van der Waals surface area contributed by atoms with Crippen LogP contribution in [0.2, 0.25) is 0 Å². The van der Waals surface area contributed by atoms with Gasteiger partial charge in [0.25, 0.3) is 0 Å². The third-order valence-electron chi connectivity index (χ3n) is 3.49. The number of fused-ring (bicyclic) bond motifs is 1. The molecule has 1 atom stereocenters. The second-order valence-electron chi connectivity index (χ2n) is 4.92. The van der Waals surface area contributed by atoms with E-state index in [-0.39, 0.29) is 10.7 Å². The number of carbonyl (C=O) groups is 2. The molecule has 1 unspecified atom stereocenters. The molecule has 0 aliphatic carbocycles. The van der Waals surface area contributed by atoms with Gasteiger partial charge >= 0.3 is 0 Å². The molecule has 0 fully saturated rings. The van der Waals surface area contributed by atoms with Gasteiger partial charge in [-0.2, -0.15) is 0 Å². The molecule has 2 rings (SSSR count). The average Bonchev–Trinajstić information content (AvgIpc) is 2.41. The van der Waals surface area contributed by atoms with Crippen LogP contribution in [0.4, 0.5) is 5.69 Å². The van der Waals surface area contributed by atoms with Crippen molar-refractivity contribution >= 4 is 27.2 Å². The summed E-state index contributed by atoms with van der Waals surface area (Å²) in [4.78, 5) is 25.2. The van der Waals surface area contributed by atoms with E-state index in [1.165, 1.54) is 24.8 Å². The molecule has 1 aliphatic rings. The lowest BCUT2D eigenvalue weighted by atomic mass is 10.1. The second-order valence-corrected chi connectivity index (χ2v) is 7.15. The molecule has 6 heteroatoms. The van der Waals surface area contributed by atoms with E-state index in [2.05, 4.69) is 0 Å². The van der Waals surface area contributed by atoms with Crippen LogP contribution >= 0.6 is 0 Å². The lowest BCUT2D eigenvalue weighted by Crippen LogP contribution is -2.46. The van der Waals surface area contributed by atoms with E-state index >= 15 is 0 Å². The monoisotopic (exact) mass is 295 g/mol. The van der Waals surface area contributed by atoms with E-state index in [9.17, 15) is 18.0 Å². The van der Waals surface area contributed by atoms with Crippen molar-refractivity contribution in [2.24, 2.45) is 0 Å². The summed E-state index contributed by atoms with van der Waals surface area (Å²) >= 11 is 0. The molecule has 0 aromatic heterocycles. The molecule has 0 bridgehead atoms. The van der Waals surface area contributed by atoms with Gasteiger partial charge in [0.2, 0.25) is 5.91 Å². The van der Waals surface area contributed by atoms with Crippen LogP contribution in [-0.2, 0) is 14.6 Å². The SMILES string of the molecule is CCCN1C(=O)C(C)S(=O)(=O)c2cc(C(C)=O)ccc21. The molecule has 1 heterocycles. The molecule has 0 spiro atoms. The van der Waals surface area contributed by atoms with Gasteiger partial charge in [-0.05, 0) is 38.5 Å². The zero-order valence-electron chi connectivity index (χ0n) is 11.7. The van der Waals surface area contributed by atoms with Gasteiger partial charge in [0.15, 0.2) is 15.6 Å². The van der Waals surface area contributed by atoms with Gasteiger partial charge < -0.3 is 4.90 Å². The summed E-state index contributed by atoms with van der Waals surface area (Å²) in [6, 6.07) is 4.48. The number of carbonyl (C=O) groups excluding carboxylic acids is 2. The minimum Gasteiger partial charge on any atom is -0.310 e. The zero-order chi connectivity index (χ0) is 15.1. The van der Waals surface area contributed by atoms with Crippen molar-refractivity contribution in [3.63, 3.8) is 0 Å². The van der Waals surface area contributed by atoms with Crippen LogP contribution in [0, 0.1) is 0 Å². The smallest absolute Gasteiger partial charge is 0.245 e. The highest BCUT2D eigenvalue weighted by molar-refractivity contribution is 7.93. The quantitative estimate of drug-likeness (QED) is 0.797. The number of amides is 1. The van der Waals surface area contributed by atoms with Gasteiger partial charge in [-0.3, -0.25) is 9.59 Å². The van der Waals surface area contributed by atoms with Crippen LogP contribution < -0.4 is 4.90 Å². The Labute approximate surface area is 118 Å².